The molecule has 0 saturated carbocycles. The fourth-order valence-corrected chi connectivity index (χ4v) is 1.09. The largest absolute Gasteiger partial charge is 0.378 e. The minimum atomic E-state index is -1.05. The summed E-state index contributed by atoms with van der Waals surface area (Å²) in [4.78, 5) is 31.0. The van der Waals surface area contributed by atoms with Gasteiger partial charge in [0.05, 0.1) is 0 Å². The Morgan fingerprint density at radius 1 is 1.69 bits per heavy atom. The maximum Gasteiger partial charge on any atom is 0.270 e. The molecule has 0 heterocycles. The zero-order chi connectivity index (χ0) is 12.7. The maximum atomic E-state index is 10.7. The van der Waals surface area contributed by atoms with Crippen LogP contribution in [0.15, 0.2) is 16.9 Å². The number of hydrogen-bond donors (Lipinski definition) is 1. The molecule has 1 amide bonds. The summed E-state index contributed by atoms with van der Waals surface area (Å²) in [5, 5.41) is 13.0. The van der Waals surface area contributed by atoms with Crippen molar-refractivity contribution >= 4 is 5.91 Å². The summed E-state index contributed by atoms with van der Waals surface area (Å²) >= 11 is 0. The van der Waals surface area contributed by atoms with E-state index in [9.17, 15) is 19.8 Å². The van der Waals surface area contributed by atoms with Crippen LogP contribution in [0, 0.1) is 20.9 Å². The number of amides is 1. The predicted octanol–water partition coefficient (Wildman–Crippen LogP) is 0.0498. The Labute approximate surface area is 91.6 Å². The summed E-state index contributed by atoms with van der Waals surface area (Å²) in [5.41, 5.74) is 4.33. The van der Waals surface area contributed by atoms with Crippen molar-refractivity contribution in [3.05, 3.63) is 26.8 Å². The van der Waals surface area contributed by atoms with Crippen LogP contribution >= 0.6 is 0 Å². The van der Waals surface area contributed by atoms with Gasteiger partial charge in [0.15, 0.2) is 5.70 Å². The fraction of sp³-hybridized carbons (Fsp3) is 0.625. The molecule has 0 spiro atoms. The first-order valence-electron chi connectivity index (χ1n) is 4.41. The minimum absolute atomic E-state index is 0.129. The molecule has 16 heavy (non-hydrogen) atoms. The molecule has 0 aliphatic rings. The number of nitrogens with two attached hydrogens (primary N) is 1. The summed E-state index contributed by atoms with van der Waals surface area (Å²) in [7, 11) is 1.32. The third kappa shape index (κ3) is 4.13. The van der Waals surface area contributed by atoms with Gasteiger partial charge in [-0.05, 0) is 11.3 Å². The van der Waals surface area contributed by atoms with E-state index < -0.39 is 28.5 Å². The second-order valence-corrected chi connectivity index (χ2v) is 3.17. The lowest BCUT2D eigenvalue weighted by Crippen LogP contribution is -2.31. The highest BCUT2D eigenvalue weighted by Crippen LogP contribution is 2.12. The molecule has 2 atom stereocenters. The zero-order valence-electron chi connectivity index (χ0n) is 8.95. The van der Waals surface area contributed by atoms with E-state index >= 15 is 0 Å². The Hall–Kier alpha value is -1.83. The minimum Gasteiger partial charge on any atom is -0.378 e. The first-order valence-corrected chi connectivity index (χ1v) is 4.41. The molecular formula is C8H13N3O5. The van der Waals surface area contributed by atoms with Crippen LogP contribution in [-0.4, -0.2) is 30.6 Å². The highest BCUT2D eigenvalue weighted by atomic mass is 16.6. The summed E-state index contributed by atoms with van der Waals surface area (Å²) < 4.78 is 4.67. The van der Waals surface area contributed by atoms with E-state index in [0.29, 0.717) is 0 Å². The lowest BCUT2D eigenvalue weighted by atomic mass is 10.0. The first kappa shape index (κ1) is 14.2. The van der Waals surface area contributed by atoms with E-state index in [2.05, 4.69) is 9.91 Å². The van der Waals surface area contributed by atoms with E-state index in [0.717, 1.165) is 6.08 Å². The van der Waals surface area contributed by atoms with Gasteiger partial charge in [-0.15, -0.1) is 4.91 Å². The average molecular weight is 231 g/mol. The van der Waals surface area contributed by atoms with E-state index in [1.54, 1.807) is 0 Å². The number of primary amides is 1. The van der Waals surface area contributed by atoms with Crippen LogP contribution in [0.25, 0.3) is 0 Å². The van der Waals surface area contributed by atoms with E-state index in [1.165, 1.54) is 14.0 Å². The van der Waals surface area contributed by atoms with Crippen molar-refractivity contribution < 1.29 is 14.5 Å². The fourth-order valence-electron chi connectivity index (χ4n) is 1.09. The van der Waals surface area contributed by atoms with Gasteiger partial charge in [0.1, 0.15) is 6.61 Å². The maximum absolute atomic E-state index is 10.7. The SMILES string of the molecule is COCC(C(C)C=C(N=O)C(N)=O)[N+](=O)[O-]. The van der Waals surface area contributed by atoms with Gasteiger partial charge in [-0.25, -0.2) is 0 Å². The summed E-state index contributed by atoms with van der Waals surface area (Å²) in [6, 6.07) is -1.05. The van der Waals surface area contributed by atoms with E-state index in [4.69, 9.17) is 5.73 Å². The van der Waals surface area contributed by atoms with Crippen molar-refractivity contribution in [3.63, 3.8) is 0 Å². The van der Waals surface area contributed by atoms with Crippen molar-refractivity contribution in [2.75, 3.05) is 13.7 Å². The molecule has 2 unspecified atom stereocenters. The van der Waals surface area contributed by atoms with Crippen LogP contribution in [0.2, 0.25) is 0 Å². The molecule has 8 nitrogen and oxygen atoms in total. The molecule has 0 bridgehead atoms. The number of rotatable bonds is 7. The average Bonchev–Trinajstić information content (AvgIpc) is 2.21. The lowest BCUT2D eigenvalue weighted by Gasteiger charge is -2.12. The molecule has 0 aliphatic heterocycles. The molecule has 0 aromatic rings. The van der Waals surface area contributed by atoms with Crippen LogP contribution in [0.1, 0.15) is 6.92 Å². The Morgan fingerprint density at radius 3 is 2.56 bits per heavy atom. The number of nitroso groups, excluding NO2 is 1. The summed E-state index contributed by atoms with van der Waals surface area (Å²) in [6.07, 6.45) is 1.07. The van der Waals surface area contributed by atoms with Crippen LogP contribution < -0.4 is 5.73 Å². The third-order valence-electron chi connectivity index (χ3n) is 1.99. The number of nitrogens with zero attached hydrogens (tertiary/aromatic N) is 2. The second-order valence-electron chi connectivity index (χ2n) is 3.17. The Bertz CT molecular complexity index is 315. The number of carbonyl (C=O) groups is 1. The van der Waals surface area contributed by atoms with Crippen molar-refractivity contribution in [2.45, 2.75) is 13.0 Å². The van der Waals surface area contributed by atoms with Crippen LogP contribution in [0.5, 0.6) is 0 Å². The number of ether oxygens (including phenoxy) is 1. The Kier molecular flexibility index (Phi) is 5.86. The molecule has 0 aromatic heterocycles. The molecule has 0 rings (SSSR count). The Morgan fingerprint density at radius 2 is 2.25 bits per heavy atom. The third-order valence-corrected chi connectivity index (χ3v) is 1.99. The smallest absolute Gasteiger partial charge is 0.270 e. The van der Waals surface area contributed by atoms with E-state index in [1.807, 2.05) is 0 Å². The van der Waals surface area contributed by atoms with Gasteiger partial charge in [0.2, 0.25) is 6.04 Å². The lowest BCUT2D eigenvalue weighted by molar-refractivity contribution is -0.532. The van der Waals surface area contributed by atoms with E-state index in [-0.39, 0.29) is 6.61 Å². The number of methoxy groups -OCH3 is 1. The van der Waals surface area contributed by atoms with Crippen LogP contribution in [0.3, 0.4) is 0 Å². The zero-order valence-corrected chi connectivity index (χ0v) is 8.95. The van der Waals surface area contributed by atoms with Crippen molar-refractivity contribution in [2.24, 2.45) is 16.8 Å². The molecule has 2 N–H and O–H groups in total. The van der Waals surface area contributed by atoms with Gasteiger partial charge in [0, 0.05) is 18.0 Å². The van der Waals surface area contributed by atoms with Crippen molar-refractivity contribution in [1.29, 1.82) is 0 Å². The summed E-state index contributed by atoms with van der Waals surface area (Å²) in [5.74, 6) is -1.70. The Balaban J connectivity index is 4.86. The van der Waals surface area contributed by atoms with Gasteiger partial charge < -0.3 is 10.5 Å². The molecule has 0 saturated heterocycles. The van der Waals surface area contributed by atoms with Crippen LogP contribution in [-0.2, 0) is 9.53 Å². The monoisotopic (exact) mass is 231 g/mol. The van der Waals surface area contributed by atoms with Gasteiger partial charge in [-0.1, -0.05) is 6.92 Å². The van der Waals surface area contributed by atoms with Crippen molar-refractivity contribution in [3.8, 4) is 0 Å². The molecular weight excluding hydrogens is 218 g/mol. The van der Waals surface area contributed by atoms with Gasteiger partial charge in [0.25, 0.3) is 5.91 Å². The molecule has 8 heteroatoms. The summed E-state index contributed by atoms with van der Waals surface area (Å²) in [6.45, 7) is 1.34. The normalized spacial score (nSPS) is 15.2. The second kappa shape index (κ2) is 6.62. The number of nitro groups is 1. The highest BCUT2D eigenvalue weighted by molar-refractivity contribution is 5.91. The predicted molar refractivity (Wildman–Crippen MR) is 54.9 cm³/mol. The first-order chi connectivity index (χ1) is 7.43. The number of hydrogen-bond acceptors (Lipinski definition) is 6. The highest BCUT2D eigenvalue weighted by Gasteiger charge is 2.27. The standard InChI is InChI=1S/C8H13N3O5/c1-5(3-6(10-13)8(9)12)7(4-16-2)11(14)15/h3,5,7H,4H2,1-2H3,(H2,9,12). The quantitative estimate of drug-likeness (QED) is 0.287. The van der Waals surface area contributed by atoms with Crippen molar-refractivity contribution in [1.82, 2.24) is 0 Å². The molecule has 0 aromatic carbocycles. The van der Waals surface area contributed by atoms with Crippen LogP contribution in [0.4, 0.5) is 0 Å². The van der Waals surface area contributed by atoms with Gasteiger partial charge >= 0.3 is 0 Å². The van der Waals surface area contributed by atoms with Gasteiger partial charge in [-0.2, -0.15) is 0 Å². The van der Waals surface area contributed by atoms with Gasteiger partial charge in [-0.3, -0.25) is 14.9 Å². The molecule has 90 valence electrons. The molecule has 0 radical (unpaired) electrons. The number of carbonyl (C=O) groups excluding carboxylic acids is 1. The molecule has 0 aliphatic carbocycles. The topological polar surface area (TPSA) is 125 Å². The molecule has 0 fully saturated rings.